The Morgan fingerprint density at radius 3 is 2.62 bits per heavy atom. The van der Waals surface area contributed by atoms with Gasteiger partial charge in [-0.15, -0.1) is 0 Å². The molecule has 0 spiro atoms. The first-order chi connectivity index (χ1) is 9.58. The van der Waals surface area contributed by atoms with E-state index >= 15 is 0 Å². The lowest BCUT2D eigenvalue weighted by Crippen LogP contribution is -2.28. The molecule has 0 saturated heterocycles. The smallest absolute Gasteiger partial charge is 0.305 e. The summed E-state index contributed by atoms with van der Waals surface area (Å²) in [7, 11) is 0. The summed E-state index contributed by atoms with van der Waals surface area (Å²) in [6.45, 7) is 6.05. The number of anilines is 1. The van der Waals surface area contributed by atoms with Crippen LogP contribution in [0, 0.1) is 15.5 Å². The summed E-state index contributed by atoms with van der Waals surface area (Å²) in [5.41, 5.74) is -0.182. The van der Waals surface area contributed by atoms with Crippen LogP contribution < -0.4 is 5.32 Å². The fraction of sp³-hybridized carbons (Fsp3) is 0.538. The van der Waals surface area contributed by atoms with Gasteiger partial charge in [0.25, 0.3) is 5.69 Å². The Bertz CT molecular complexity index is 543. The molecule has 0 aliphatic heterocycles. The van der Waals surface area contributed by atoms with Crippen molar-refractivity contribution in [2.24, 2.45) is 5.41 Å². The van der Waals surface area contributed by atoms with Crippen molar-refractivity contribution in [3.63, 3.8) is 0 Å². The summed E-state index contributed by atoms with van der Waals surface area (Å²) in [5, 5.41) is 22.7. The predicted octanol–water partition coefficient (Wildman–Crippen LogP) is 3.44. The summed E-state index contributed by atoms with van der Waals surface area (Å²) < 4.78 is 0.431. The largest absolute Gasteiger partial charge is 0.481 e. The second kappa shape index (κ2) is 6.84. The van der Waals surface area contributed by atoms with Gasteiger partial charge in [0, 0.05) is 12.1 Å². The highest BCUT2D eigenvalue weighted by atomic mass is 79.9. The molecule has 0 saturated carbocycles. The molecule has 1 unspecified atom stereocenters. The Morgan fingerprint density at radius 2 is 2.19 bits per heavy atom. The standard InChI is InChI=1S/C13H18BrN3O4/c1-13(2,3)6-8(4-11(18)19)16-12-10(14)5-9(7-15-12)17(20)21/h5,7-8H,4,6H2,1-3H3,(H,15,16)(H,18,19). The number of carbonyl (C=O) groups is 1. The number of rotatable bonds is 6. The lowest BCUT2D eigenvalue weighted by Gasteiger charge is -2.26. The molecule has 0 radical (unpaired) electrons. The molecule has 1 rings (SSSR count). The zero-order valence-corrected chi connectivity index (χ0v) is 13.7. The average Bonchev–Trinajstić information content (AvgIpc) is 2.28. The van der Waals surface area contributed by atoms with E-state index in [-0.39, 0.29) is 23.6 Å². The fourth-order valence-corrected chi connectivity index (χ4v) is 2.40. The van der Waals surface area contributed by atoms with E-state index < -0.39 is 10.9 Å². The summed E-state index contributed by atoms with van der Waals surface area (Å²) in [4.78, 5) is 25.1. The number of pyridine rings is 1. The lowest BCUT2D eigenvalue weighted by atomic mass is 9.87. The molecule has 0 aliphatic carbocycles. The highest BCUT2D eigenvalue weighted by Gasteiger charge is 2.22. The van der Waals surface area contributed by atoms with E-state index in [1.54, 1.807) is 0 Å². The molecule has 8 heteroatoms. The third-order valence-corrected chi connectivity index (χ3v) is 3.26. The molecule has 1 atom stereocenters. The van der Waals surface area contributed by atoms with Gasteiger partial charge in [-0.1, -0.05) is 20.8 Å². The molecule has 0 fully saturated rings. The van der Waals surface area contributed by atoms with E-state index in [1.807, 2.05) is 20.8 Å². The number of nitrogens with zero attached hydrogens (tertiary/aromatic N) is 2. The maximum absolute atomic E-state index is 11.0. The first-order valence-corrected chi connectivity index (χ1v) is 7.16. The predicted molar refractivity (Wildman–Crippen MR) is 82.3 cm³/mol. The molecule has 1 heterocycles. The highest BCUT2D eigenvalue weighted by Crippen LogP contribution is 2.28. The van der Waals surface area contributed by atoms with Gasteiger partial charge in [0.15, 0.2) is 0 Å². The van der Waals surface area contributed by atoms with Crippen LogP contribution in [-0.2, 0) is 4.79 Å². The molecular formula is C13H18BrN3O4. The topological polar surface area (TPSA) is 105 Å². The van der Waals surface area contributed by atoms with Gasteiger partial charge in [-0.05, 0) is 27.8 Å². The van der Waals surface area contributed by atoms with Gasteiger partial charge in [-0.25, -0.2) is 4.98 Å². The van der Waals surface area contributed by atoms with E-state index in [0.29, 0.717) is 16.7 Å². The third kappa shape index (κ3) is 6.07. The molecule has 0 aromatic carbocycles. The molecular weight excluding hydrogens is 342 g/mol. The van der Waals surface area contributed by atoms with Gasteiger partial charge in [0.1, 0.15) is 12.0 Å². The Kier molecular flexibility index (Phi) is 5.65. The first-order valence-electron chi connectivity index (χ1n) is 6.37. The third-order valence-electron chi connectivity index (χ3n) is 2.66. The first kappa shape index (κ1) is 17.4. The number of hydrogen-bond donors (Lipinski definition) is 2. The summed E-state index contributed by atoms with van der Waals surface area (Å²) >= 11 is 3.21. The summed E-state index contributed by atoms with van der Waals surface area (Å²) in [5.74, 6) is -0.508. The monoisotopic (exact) mass is 359 g/mol. The average molecular weight is 360 g/mol. The zero-order chi connectivity index (χ0) is 16.2. The second-order valence-electron chi connectivity index (χ2n) is 5.98. The number of carboxylic acids is 1. The van der Waals surface area contributed by atoms with Crippen LogP contribution in [0.3, 0.4) is 0 Å². The number of carboxylic acid groups (broad SMARTS) is 1. The maximum atomic E-state index is 11.0. The number of aromatic nitrogens is 1. The van der Waals surface area contributed by atoms with Crippen molar-refractivity contribution >= 4 is 33.4 Å². The normalized spacial score (nSPS) is 12.8. The van der Waals surface area contributed by atoms with Crippen molar-refractivity contribution in [2.45, 2.75) is 39.7 Å². The molecule has 0 amide bonds. The van der Waals surface area contributed by atoms with Gasteiger partial charge >= 0.3 is 5.97 Å². The highest BCUT2D eigenvalue weighted by molar-refractivity contribution is 9.10. The molecule has 1 aromatic heterocycles. The fourth-order valence-electron chi connectivity index (χ4n) is 1.95. The van der Waals surface area contributed by atoms with Crippen LogP contribution in [0.5, 0.6) is 0 Å². The Morgan fingerprint density at radius 1 is 1.57 bits per heavy atom. The minimum Gasteiger partial charge on any atom is -0.481 e. The minimum atomic E-state index is -0.908. The van der Waals surface area contributed by atoms with E-state index in [9.17, 15) is 14.9 Å². The van der Waals surface area contributed by atoms with E-state index in [1.165, 1.54) is 6.07 Å². The van der Waals surface area contributed by atoms with Crippen molar-refractivity contribution in [1.82, 2.24) is 4.98 Å². The van der Waals surface area contributed by atoms with Crippen LogP contribution in [0.2, 0.25) is 0 Å². The van der Waals surface area contributed by atoms with Gasteiger partial charge in [-0.2, -0.15) is 0 Å². The zero-order valence-electron chi connectivity index (χ0n) is 12.1. The Hall–Kier alpha value is -1.70. The molecule has 7 nitrogen and oxygen atoms in total. The van der Waals surface area contributed by atoms with Crippen LogP contribution in [-0.4, -0.2) is 27.0 Å². The van der Waals surface area contributed by atoms with Crippen LogP contribution in [0.25, 0.3) is 0 Å². The van der Waals surface area contributed by atoms with Gasteiger partial charge in [0.2, 0.25) is 0 Å². The number of aliphatic carboxylic acids is 1. The second-order valence-corrected chi connectivity index (χ2v) is 6.84. The molecule has 2 N–H and O–H groups in total. The van der Waals surface area contributed by atoms with Crippen LogP contribution in [0.1, 0.15) is 33.6 Å². The molecule has 0 aliphatic rings. The number of halogens is 1. The van der Waals surface area contributed by atoms with E-state index in [2.05, 4.69) is 26.2 Å². The van der Waals surface area contributed by atoms with Crippen molar-refractivity contribution in [3.05, 3.63) is 26.9 Å². The SMILES string of the molecule is CC(C)(C)CC(CC(=O)O)Nc1ncc([N+](=O)[O-])cc1Br. The van der Waals surface area contributed by atoms with Gasteiger partial charge < -0.3 is 10.4 Å². The number of nitrogens with one attached hydrogen (secondary N) is 1. The van der Waals surface area contributed by atoms with Crippen molar-refractivity contribution < 1.29 is 14.8 Å². The molecule has 116 valence electrons. The molecule has 0 bridgehead atoms. The Balaban J connectivity index is 2.92. The van der Waals surface area contributed by atoms with Crippen LogP contribution in [0.15, 0.2) is 16.7 Å². The van der Waals surface area contributed by atoms with Gasteiger partial charge in [-0.3, -0.25) is 14.9 Å². The van der Waals surface area contributed by atoms with Crippen LogP contribution >= 0.6 is 15.9 Å². The summed E-state index contributed by atoms with van der Waals surface area (Å²) in [6.07, 6.45) is 1.72. The number of nitro groups is 1. The molecule has 1 aromatic rings. The van der Waals surface area contributed by atoms with Crippen molar-refractivity contribution in [1.29, 1.82) is 0 Å². The number of hydrogen-bond acceptors (Lipinski definition) is 5. The van der Waals surface area contributed by atoms with E-state index in [4.69, 9.17) is 5.11 Å². The summed E-state index contributed by atoms with van der Waals surface area (Å²) in [6, 6.07) is 1.03. The van der Waals surface area contributed by atoms with Crippen molar-refractivity contribution in [2.75, 3.05) is 5.32 Å². The quantitative estimate of drug-likeness (QED) is 0.595. The Labute approximate surface area is 131 Å². The molecule has 21 heavy (non-hydrogen) atoms. The maximum Gasteiger partial charge on any atom is 0.305 e. The lowest BCUT2D eigenvalue weighted by molar-refractivity contribution is -0.385. The minimum absolute atomic E-state index is 0.0532. The van der Waals surface area contributed by atoms with E-state index in [0.717, 1.165) is 6.20 Å². The van der Waals surface area contributed by atoms with Gasteiger partial charge in [0.05, 0.1) is 15.8 Å². The van der Waals surface area contributed by atoms with Crippen LogP contribution in [0.4, 0.5) is 11.5 Å². The van der Waals surface area contributed by atoms with Crippen molar-refractivity contribution in [3.8, 4) is 0 Å².